The Morgan fingerprint density at radius 3 is 2.34 bits per heavy atom. The van der Waals surface area contributed by atoms with Crippen LogP contribution in [0.25, 0.3) is 0 Å². The number of benzene rings is 2. The number of hydrogen-bond acceptors (Lipinski definition) is 6. The quantitative estimate of drug-likeness (QED) is 0.526. The van der Waals surface area contributed by atoms with Crippen molar-refractivity contribution >= 4 is 11.6 Å². The fraction of sp³-hybridized carbons (Fsp3) is 0.381. The van der Waals surface area contributed by atoms with Crippen LogP contribution in [-0.4, -0.2) is 67.1 Å². The van der Waals surface area contributed by atoms with E-state index in [0.29, 0.717) is 38.3 Å². The number of aryl methyl sites for hydroxylation is 1. The molecule has 0 spiro atoms. The SMILES string of the molecule is COc1ccc(OCCN2CCN(C(=O)c3cccc(C)c3[N+](=O)[O-])CC2)cc1. The molecule has 8 heteroatoms. The molecular formula is C21H25N3O5. The summed E-state index contributed by atoms with van der Waals surface area (Å²) in [5.41, 5.74) is 0.550. The van der Waals surface area contributed by atoms with E-state index < -0.39 is 4.92 Å². The third-order valence-electron chi connectivity index (χ3n) is 5.05. The maximum atomic E-state index is 12.8. The van der Waals surface area contributed by atoms with Gasteiger partial charge in [-0.1, -0.05) is 12.1 Å². The molecular weight excluding hydrogens is 374 g/mol. The summed E-state index contributed by atoms with van der Waals surface area (Å²) in [6.07, 6.45) is 0. The number of carbonyl (C=O) groups excluding carboxylic acids is 1. The smallest absolute Gasteiger partial charge is 0.285 e. The Morgan fingerprint density at radius 1 is 1.07 bits per heavy atom. The molecule has 0 atom stereocenters. The molecule has 154 valence electrons. The van der Waals surface area contributed by atoms with Gasteiger partial charge in [-0.25, -0.2) is 0 Å². The van der Waals surface area contributed by atoms with Crippen LogP contribution in [0.4, 0.5) is 5.69 Å². The van der Waals surface area contributed by atoms with E-state index in [9.17, 15) is 14.9 Å². The van der Waals surface area contributed by atoms with E-state index in [1.54, 1.807) is 31.1 Å². The fourth-order valence-electron chi connectivity index (χ4n) is 3.38. The van der Waals surface area contributed by atoms with Gasteiger partial charge in [0.1, 0.15) is 23.7 Å². The number of amides is 1. The van der Waals surface area contributed by atoms with Crippen molar-refractivity contribution in [2.75, 3.05) is 46.4 Å². The number of nitrogens with zero attached hydrogens (tertiary/aromatic N) is 3. The van der Waals surface area contributed by atoms with Crippen molar-refractivity contribution in [3.8, 4) is 11.5 Å². The summed E-state index contributed by atoms with van der Waals surface area (Å²) < 4.78 is 10.9. The van der Waals surface area contributed by atoms with Gasteiger partial charge in [-0.15, -0.1) is 0 Å². The van der Waals surface area contributed by atoms with Crippen LogP contribution in [0.15, 0.2) is 42.5 Å². The molecule has 1 aliphatic rings. The second kappa shape index (κ2) is 9.38. The largest absolute Gasteiger partial charge is 0.497 e. The summed E-state index contributed by atoms with van der Waals surface area (Å²) in [4.78, 5) is 27.6. The minimum Gasteiger partial charge on any atom is -0.497 e. The first-order chi connectivity index (χ1) is 14.0. The third kappa shape index (κ3) is 5.03. The highest BCUT2D eigenvalue weighted by molar-refractivity contribution is 5.98. The molecule has 0 aromatic heterocycles. The third-order valence-corrected chi connectivity index (χ3v) is 5.05. The van der Waals surface area contributed by atoms with E-state index in [1.165, 1.54) is 6.07 Å². The Kier molecular flexibility index (Phi) is 6.66. The lowest BCUT2D eigenvalue weighted by Crippen LogP contribution is -2.49. The summed E-state index contributed by atoms with van der Waals surface area (Å²) >= 11 is 0. The van der Waals surface area contributed by atoms with Crippen LogP contribution in [0, 0.1) is 17.0 Å². The number of rotatable bonds is 7. The molecule has 1 saturated heterocycles. The summed E-state index contributed by atoms with van der Waals surface area (Å²) in [6.45, 7) is 5.42. The Hall–Kier alpha value is -3.13. The highest BCUT2D eigenvalue weighted by Gasteiger charge is 2.28. The van der Waals surface area contributed by atoms with Crippen molar-refractivity contribution in [1.29, 1.82) is 0 Å². The average molecular weight is 399 g/mol. The predicted octanol–water partition coefficient (Wildman–Crippen LogP) is 2.75. The van der Waals surface area contributed by atoms with Crippen LogP contribution in [0.3, 0.4) is 0 Å². The lowest BCUT2D eigenvalue weighted by atomic mass is 10.1. The van der Waals surface area contributed by atoms with Crippen LogP contribution in [0.2, 0.25) is 0 Å². The number of ether oxygens (including phenoxy) is 2. The molecule has 0 aliphatic carbocycles. The van der Waals surface area contributed by atoms with Gasteiger partial charge >= 0.3 is 0 Å². The van der Waals surface area contributed by atoms with Crippen molar-refractivity contribution in [3.05, 3.63) is 63.7 Å². The van der Waals surface area contributed by atoms with Crippen LogP contribution < -0.4 is 9.47 Å². The number of piperazine rings is 1. The highest BCUT2D eigenvalue weighted by atomic mass is 16.6. The fourth-order valence-corrected chi connectivity index (χ4v) is 3.38. The standard InChI is InChI=1S/C21H25N3O5/c1-16-4-3-5-19(20(16)24(26)27)21(25)23-12-10-22(11-13-23)14-15-29-18-8-6-17(28-2)7-9-18/h3-9H,10-15H2,1-2H3. The second-order valence-corrected chi connectivity index (χ2v) is 6.89. The van der Waals surface area contributed by atoms with E-state index in [0.717, 1.165) is 18.0 Å². The maximum Gasteiger partial charge on any atom is 0.285 e. The zero-order valence-corrected chi connectivity index (χ0v) is 16.7. The zero-order valence-electron chi connectivity index (χ0n) is 16.7. The number of para-hydroxylation sites is 1. The predicted molar refractivity (Wildman–Crippen MR) is 109 cm³/mol. The average Bonchev–Trinajstić information content (AvgIpc) is 2.74. The van der Waals surface area contributed by atoms with Gasteiger partial charge < -0.3 is 14.4 Å². The van der Waals surface area contributed by atoms with Crippen molar-refractivity contribution in [2.24, 2.45) is 0 Å². The van der Waals surface area contributed by atoms with Gasteiger partial charge in [0.15, 0.2) is 0 Å². The van der Waals surface area contributed by atoms with E-state index in [1.807, 2.05) is 24.3 Å². The Bertz CT molecular complexity index is 861. The number of methoxy groups -OCH3 is 1. The topological polar surface area (TPSA) is 85.2 Å². The Balaban J connectivity index is 1.49. The van der Waals surface area contributed by atoms with E-state index >= 15 is 0 Å². The van der Waals surface area contributed by atoms with E-state index in [4.69, 9.17) is 9.47 Å². The van der Waals surface area contributed by atoms with E-state index in [2.05, 4.69) is 4.90 Å². The number of hydrogen-bond donors (Lipinski definition) is 0. The lowest BCUT2D eigenvalue weighted by Gasteiger charge is -2.34. The first-order valence-corrected chi connectivity index (χ1v) is 9.52. The second-order valence-electron chi connectivity index (χ2n) is 6.89. The molecule has 2 aromatic rings. The molecule has 29 heavy (non-hydrogen) atoms. The van der Waals surface area contributed by atoms with E-state index in [-0.39, 0.29) is 17.2 Å². The van der Waals surface area contributed by atoms with Gasteiger partial charge in [0.25, 0.3) is 11.6 Å². The molecule has 0 unspecified atom stereocenters. The van der Waals surface area contributed by atoms with Gasteiger partial charge in [-0.3, -0.25) is 19.8 Å². The highest BCUT2D eigenvalue weighted by Crippen LogP contribution is 2.25. The van der Waals surface area contributed by atoms with Gasteiger partial charge in [0, 0.05) is 38.3 Å². The van der Waals surface area contributed by atoms with Crippen LogP contribution in [0.1, 0.15) is 15.9 Å². The number of carbonyl (C=O) groups is 1. The van der Waals surface area contributed by atoms with Crippen molar-refractivity contribution in [3.63, 3.8) is 0 Å². The van der Waals surface area contributed by atoms with Gasteiger partial charge in [0.05, 0.1) is 12.0 Å². The molecule has 8 nitrogen and oxygen atoms in total. The first kappa shape index (κ1) is 20.6. The molecule has 1 heterocycles. The summed E-state index contributed by atoms with van der Waals surface area (Å²) in [6, 6.07) is 12.3. The van der Waals surface area contributed by atoms with Gasteiger partial charge in [-0.05, 0) is 37.3 Å². The molecule has 0 radical (unpaired) electrons. The summed E-state index contributed by atoms with van der Waals surface area (Å²) in [7, 11) is 1.62. The molecule has 0 bridgehead atoms. The van der Waals surface area contributed by atoms with Crippen molar-refractivity contribution in [1.82, 2.24) is 9.80 Å². The molecule has 2 aromatic carbocycles. The first-order valence-electron chi connectivity index (χ1n) is 9.52. The monoisotopic (exact) mass is 399 g/mol. The van der Waals surface area contributed by atoms with Crippen molar-refractivity contribution in [2.45, 2.75) is 6.92 Å². The normalized spacial score (nSPS) is 14.5. The van der Waals surface area contributed by atoms with Crippen LogP contribution in [0.5, 0.6) is 11.5 Å². The number of nitro benzene ring substituents is 1. The molecule has 1 amide bonds. The lowest BCUT2D eigenvalue weighted by molar-refractivity contribution is -0.385. The van der Waals surface area contributed by atoms with Crippen LogP contribution in [-0.2, 0) is 0 Å². The minimum absolute atomic E-state index is 0.104. The van der Waals surface area contributed by atoms with Crippen LogP contribution >= 0.6 is 0 Å². The summed E-state index contributed by atoms with van der Waals surface area (Å²) in [5.74, 6) is 1.29. The molecule has 1 fully saturated rings. The Morgan fingerprint density at radius 2 is 1.72 bits per heavy atom. The summed E-state index contributed by atoms with van der Waals surface area (Å²) in [5, 5.41) is 11.4. The van der Waals surface area contributed by atoms with Gasteiger partial charge in [-0.2, -0.15) is 0 Å². The minimum atomic E-state index is -0.477. The molecule has 1 aliphatic heterocycles. The van der Waals surface area contributed by atoms with Gasteiger partial charge in [0.2, 0.25) is 0 Å². The Labute approximate surface area is 169 Å². The maximum absolute atomic E-state index is 12.8. The zero-order chi connectivity index (χ0) is 20.8. The molecule has 3 rings (SSSR count). The molecule has 0 N–H and O–H groups in total. The molecule has 0 saturated carbocycles. The number of nitro groups is 1. The van der Waals surface area contributed by atoms with Crippen molar-refractivity contribution < 1.29 is 19.2 Å².